The van der Waals surface area contributed by atoms with Crippen LogP contribution in [0.1, 0.15) is 17.5 Å². The van der Waals surface area contributed by atoms with Crippen molar-refractivity contribution in [3.63, 3.8) is 0 Å². The van der Waals surface area contributed by atoms with Crippen molar-refractivity contribution < 1.29 is 4.74 Å². The molecule has 1 fully saturated rings. The largest absolute Gasteiger partial charge is 0.496 e. The summed E-state index contributed by atoms with van der Waals surface area (Å²) in [6.45, 7) is 5.35. The maximum absolute atomic E-state index is 5.81. The number of nitrogens with zero attached hydrogens (tertiary/aromatic N) is 3. The minimum Gasteiger partial charge on any atom is -0.496 e. The van der Waals surface area contributed by atoms with E-state index in [1.54, 1.807) is 7.11 Å². The molecule has 0 radical (unpaired) electrons. The van der Waals surface area contributed by atoms with Gasteiger partial charge in [0.25, 0.3) is 0 Å². The molecule has 1 saturated heterocycles. The smallest absolute Gasteiger partial charge is 0.137 e. The van der Waals surface area contributed by atoms with Crippen LogP contribution in [0.5, 0.6) is 5.75 Å². The van der Waals surface area contributed by atoms with E-state index in [1.807, 2.05) is 12.4 Å². The molecule has 2 aliphatic heterocycles. The number of methoxy groups -OCH3 is 1. The third-order valence-corrected chi connectivity index (χ3v) is 7.37. The van der Waals surface area contributed by atoms with Crippen molar-refractivity contribution in [1.29, 1.82) is 0 Å². The molecule has 3 aliphatic rings. The number of rotatable bonds is 5. The minimum atomic E-state index is 0.443. The maximum Gasteiger partial charge on any atom is 0.137 e. The first kappa shape index (κ1) is 21.2. The Hall–Kier alpha value is -3.35. The Morgan fingerprint density at radius 2 is 1.97 bits per heavy atom. The van der Waals surface area contributed by atoms with E-state index in [-0.39, 0.29) is 0 Å². The average molecular weight is 454 g/mol. The highest BCUT2D eigenvalue weighted by atomic mass is 16.5. The molecule has 0 bridgehead atoms. The number of piperazine rings is 1. The van der Waals surface area contributed by atoms with Crippen LogP contribution in [0.4, 0.5) is 0 Å². The van der Waals surface area contributed by atoms with Crippen LogP contribution in [0.15, 0.2) is 66.8 Å². The van der Waals surface area contributed by atoms with Crippen molar-refractivity contribution in [2.75, 3.05) is 40.3 Å². The van der Waals surface area contributed by atoms with E-state index in [4.69, 9.17) is 9.72 Å². The van der Waals surface area contributed by atoms with Crippen molar-refractivity contribution in [3.8, 4) is 16.9 Å². The summed E-state index contributed by atoms with van der Waals surface area (Å²) < 4.78 is 5.81. The lowest BCUT2D eigenvalue weighted by molar-refractivity contribution is 0.147. The molecule has 174 valence electrons. The lowest BCUT2D eigenvalue weighted by atomic mass is 9.88. The predicted octanol–water partition coefficient (Wildman–Crippen LogP) is 4.39. The molecule has 1 atom stereocenters. The number of allylic oxidation sites excluding steroid dienone is 4. The number of aromatic amines is 1. The lowest BCUT2D eigenvalue weighted by Gasteiger charge is -2.32. The predicted molar refractivity (Wildman–Crippen MR) is 137 cm³/mol. The molecule has 2 aromatic heterocycles. The summed E-state index contributed by atoms with van der Waals surface area (Å²) in [5.41, 5.74) is 8.25. The van der Waals surface area contributed by atoms with Gasteiger partial charge in [0.2, 0.25) is 0 Å². The monoisotopic (exact) mass is 453 g/mol. The zero-order chi connectivity index (χ0) is 23.1. The standard InChI is InChI=1S/C28H31N5O/c1-32-9-11-33(12-10-32)18-22-4-3-19(15-27(22)34-2)23-14-24-25(17-31-28(24)30-16-23)20-5-6-26-21(13-20)7-8-29-26/h3-8,14-17,21,29H,9-13,18H2,1-2H3,(H,30,31). The number of hydrogen-bond acceptors (Lipinski definition) is 5. The van der Waals surface area contributed by atoms with Gasteiger partial charge in [0, 0.05) is 78.8 Å². The summed E-state index contributed by atoms with van der Waals surface area (Å²) in [6, 6.07) is 8.83. The number of H-pyrrole nitrogens is 1. The summed E-state index contributed by atoms with van der Waals surface area (Å²) in [5, 5.41) is 4.50. The summed E-state index contributed by atoms with van der Waals surface area (Å²) in [7, 11) is 3.96. The quantitative estimate of drug-likeness (QED) is 0.600. The molecule has 2 N–H and O–H groups in total. The van der Waals surface area contributed by atoms with Crippen LogP contribution in [-0.4, -0.2) is 60.1 Å². The van der Waals surface area contributed by atoms with E-state index < -0.39 is 0 Å². The van der Waals surface area contributed by atoms with E-state index in [0.717, 1.165) is 67.1 Å². The number of benzene rings is 1. The van der Waals surface area contributed by atoms with Crippen LogP contribution in [-0.2, 0) is 6.54 Å². The van der Waals surface area contributed by atoms with E-state index in [9.17, 15) is 0 Å². The van der Waals surface area contributed by atoms with Gasteiger partial charge in [0.15, 0.2) is 0 Å². The Balaban J connectivity index is 1.29. The van der Waals surface area contributed by atoms with Crippen LogP contribution in [0.25, 0.3) is 27.7 Å². The van der Waals surface area contributed by atoms with Gasteiger partial charge in [-0.2, -0.15) is 0 Å². The molecule has 1 aromatic carbocycles. The third-order valence-electron chi connectivity index (χ3n) is 7.37. The topological polar surface area (TPSA) is 56.4 Å². The molecular weight excluding hydrogens is 422 g/mol. The normalized spacial score (nSPS) is 20.7. The second-order valence-corrected chi connectivity index (χ2v) is 9.56. The second kappa shape index (κ2) is 8.78. The van der Waals surface area contributed by atoms with Gasteiger partial charge in [-0.25, -0.2) is 4.98 Å². The van der Waals surface area contributed by atoms with Gasteiger partial charge in [-0.15, -0.1) is 0 Å². The van der Waals surface area contributed by atoms with Crippen LogP contribution in [0.3, 0.4) is 0 Å². The Morgan fingerprint density at radius 1 is 1.09 bits per heavy atom. The van der Waals surface area contributed by atoms with E-state index in [1.165, 1.54) is 22.4 Å². The first-order chi connectivity index (χ1) is 16.7. The molecule has 3 aromatic rings. The Morgan fingerprint density at radius 3 is 2.82 bits per heavy atom. The first-order valence-electron chi connectivity index (χ1n) is 12.1. The molecule has 0 saturated carbocycles. The summed E-state index contributed by atoms with van der Waals surface area (Å²) in [4.78, 5) is 13.0. The number of nitrogens with one attached hydrogen (secondary N) is 2. The highest BCUT2D eigenvalue weighted by molar-refractivity contribution is 5.93. The summed E-state index contributed by atoms with van der Waals surface area (Å²) >= 11 is 0. The number of likely N-dealkylation sites (N-methyl/N-ethyl adjacent to an activating group) is 1. The molecule has 0 amide bonds. The molecule has 6 heteroatoms. The van der Waals surface area contributed by atoms with Crippen molar-refractivity contribution in [3.05, 3.63) is 77.9 Å². The summed E-state index contributed by atoms with van der Waals surface area (Å²) in [5.74, 6) is 1.39. The number of aromatic nitrogens is 2. The van der Waals surface area contributed by atoms with Gasteiger partial charge in [-0.3, -0.25) is 4.90 Å². The fraction of sp³-hybridized carbons (Fsp3) is 0.321. The Labute approximate surface area is 200 Å². The molecule has 6 nitrogen and oxygen atoms in total. The fourth-order valence-corrected chi connectivity index (χ4v) is 5.24. The Bertz CT molecular complexity index is 1310. The highest BCUT2D eigenvalue weighted by Gasteiger charge is 2.22. The average Bonchev–Trinajstić information content (AvgIpc) is 3.51. The zero-order valence-electron chi connectivity index (χ0n) is 19.8. The SMILES string of the molecule is COc1cc(-c2cnc3[nH]cc(C4=CC=C5NC=CC5C4)c3c2)ccc1CN1CCN(C)CC1. The fourth-order valence-electron chi connectivity index (χ4n) is 5.24. The number of pyridine rings is 1. The number of ether oxygens (including phenoxy) is 1. The molecule has 34 heavy (non-hydrogen) atoms. The zero-order valence-corrected chi connectivity index (χ0v) is 19.8. The molecule has 0 spiro atoms. The van der Waals surface area contributed by atoms with E-state index in [2.05, 4.69) is 75.8 Å². The molecule has 6 rings (SSSR count). The molecule has 4 heterocycles. The van der Waals surface area contributed by atoms with Crippen molar-refractivity contribution >= 4 is 16.6 Å². The highest BCUT2D eigenvalue weighted by Crippen LogP contribution is 2.37. The number of fused-ring (bicyclic) bond motifs is 2. The first-order valence-corrected chi connectivity index (χ1v) is 12.1. The van der Waals surface area contributed by atoms with Crippen molar-refractivity contribution in [2.45, 2.75) is 13.0 Å². The van der Waals surface area contributed by atoms with Gasteiger partial charge in [0.1, 0.15) is 11.4 Å². The van der Waals surface area contributed by atoms with Crippen molar-refractivity contribution in [1.82, 2.24) is 25.1 Å². The third kappa shape index (κ3) is 3.93. The number of hydrogen-bond donors (Lipinski definition) is 2. The van der Waals surface area contributed by atoms with Gasteiger partial charge in [-0.05, 0) is 49.0 Å². The van der Waals surface area contributed by atoms with Gasteiger partial charge in [-0.1, -0.05) is 24.3 Å². The second-order valence-electron chi connectivity index (χ2n) is 9.56. The van der Waals surface area contributed by atoms with Crippen LogP contribution in [0, 0.1) is 5.92 Å². The van der Waals surface area contributed by atoms with Gasteiger partial charge < -0.3 is 19.9 Å². The van der Waals surface area contributed by atoms with E-state index in [0.29, 0.717) is 5.92 Å². The molecule has 1 unspecified atom stereocenters. The summed E-state index contributed by atoms with van der Waals surface area (Å²) in [6.07, 6.45) is 13.8. The lowest BCUT2D eigenvalue weighted by Crippen LogP contribution is -2.43. The van der Waals surface area contributed by atoms with E-state index >= 15 is 0 Å². The molecule has 1 aliphatic carbocycles. The minimum absolute atomic E-state index is 0.443. The Kier molecular flexibility index (Phi) is 5.47. The van der Waals surface area contributed by atoms with Crippen LogP contribution in [0.2, 0.25) is 0 Å². The van der Waals surface area contributed by atoms with Crippen LogP contribution >= 0.6 is 0 Å². The van der Waals surface area contributed by atoms with Gasteiger partial charge in [0.05, 0.1) is 7.11 Å². The van der Waals surface area contributed by atoms with Gasteiger partial charge >= 0.3 is 0 Å². The molecular formula is C28H31N5O. The maximum atomic E-state index is 5.81. The van der Waals surface area contributed by atoms with Crippen molar-refractivity contribution in [2.24, 2.45) is 5.92 Å². The van der Waals surface area contributed by atoms with Crippen LogP contribution < -0.4 is 10.1 Å².